The number of hydrogen-bond donors (Lipinski definition) is 2. The number of aromatic nitrogens is 3. The van der Waals surface area contributed by atoms with Gasteiger partial charge < -0.3 is 19.9 Å². The minimum absolute atomic E-state index is 0.238. The van der Waals surface area contributed by atoms with E-state index in [2.05, 4.69) is 20.6 Å². The van der Waals surface area contributed by atoms with Crippen LogP contribution in [-0.4, -0.2) is 32.4 Å². The van der Waals surface area contributed by atoms with Crippen molar-refractivity contribution < 1.29 is 18.7 Å². The van der Waals surface area contributed by atoms with Crippen LogP contribution in [-0.2, 0) is 23.1 Å². The first-order chi connectivity index (χ1) is 18.1. The molecule has 0 spiro atoms. The van der Waals surface area contributed by atoms with Crippen LogP contribution >= 0.6 is 0 Å². The lowest BCUT2D eigenvalue weighted by molar-refractivity contribution is -0.132. The van der Waals surface area contributed by atoms with Crippen molar-refractivity contribution in [2.75, 3.05) is 5.32 Å². The minimum atomic E-state index is -0.829. The molecule has 0 saturated heterocycles. The molecule has 0 saturated carbocycles. The van der Waals surface area contributed by atoms with Gasteiger partial charge in [0.15, 0.2) is 0 Å². The predicted octanol–water partition coefficient (Wildman–Crippen LogP) is 5.13. The Balaban J connectivity index is 1.47. The third-order valence-electron chi connectivity index (χ3n) is 5.67. The van der Waals surface area contributed by atoms with Crippen molar-refractivity contribution in [3.8, 4) is 22.8 Å². The lowest BCUT2D eigenvalue weighted by Gasteiger charge is -2.23. The molecule has 0 aliphatic carbocycles. The van der Waals surface area contributed by atoms with E-state index in [-0.39, 0.29) is 24.1 Å². The van der Waals surface area contributed by atoms with Crippen LogP contribution in [0, 0.1) is 11.2 Å². The van der Waals surface area contributed by atoms with Crippen molar-refractivity contribution in [3.05, 3.63) is 90.8 Å². The van der Waals surface area contributed by atoms with Gasteiger partial charge in [0, 0.05) is 30.6 Å². The number of amides is 2. The first-order valence-corrected chi connectivity index (χ1v) is 12.2. The maximum Gasteiger partial charge on any atom is 0.248 e. The molecule has 2 aromatic carbocycles. The van der Waals surface area contributed by atoms with Crippen LogP contribution in [0.2, 0.25) is 0 Å². The molecule has 0 aliphatic rings. The Morgan fingerprint density at radius 2 is 1.66 bits per heavy atom. The summed E-state index contributed by atoms with van der Waals surface area (Å²) in [6.07, 6.45) is 3.70. The van der Waals surface area contributed by atoms with Gasteiger partial charge in [-0.2, -0.15) is 0 Å². The Labute approximate surface area is 220 Å². The van der Waals surface area contributed by atoms with Gasteiger partial charge in [-0.25, -0.2) is 14.4 Å². The van der Waals surface area contributed by atoms with Crippen LogP contribution in [0.5, 0.6) is 11.5 Å². The number of rotatable bonds is 8. The fourth-order valence-electron chi connectivity index (χ4n) is 3.58. The van der Waals surface area contributed by atoms with Crippen LogP contribution in [0.1, 0.15) is 26.5 Å². The molecule has 0 bridgehead atoms. The van der Waals surface area contributed by atoms with Crippen molar-refractivity contribution in [3.63, 3.8) is 0 Å². The van der Waals surface area contributed by atoms with Crippen molar-refractivity contribution in [2.24, 2.45) is 12.5 Å². The largest absolute Gasteiger partial charge is 0.457 e. The lowest BCUT2D eigenvalue weighted by Crippen LogP contribution is -2.49. The standard InChI is InChI=1S/C29H30FN5O3/c1-29(2,3)28(37)33-25(16-21-17-35(4)18-31-21)27(36)34-26-7-5-6-24(32-26)19-8-12-22(13-9-19)38-23-14-10-20(30)11-15-23/h5-15,17-18,25H,16H2,1-4H3,(H,33,37)(H,32,34,36). The van der Waals surface area contributed by atoms with Gasteiger partial charge in [0.25, 0.3) is 0 Å². The normalized spacial score (nSPS) is 12.0. The highest BCUT2D eigenvalue weighted by molar-refractivity contribution is 5.97. The molecule has 2 N–H and O–H groups in total. The van der Waals surface area contributed by atoms with Gasteiger partial charge in [-0.3, -0.25) is 9.59 Å². The van der Waals surface area contributed by atoms with Crippen molar-refractivity contribution in [1.29, 1.82) is 0 Å². The van der Waals surface area contributed by atoms with E-state index in [4.69, 9.17) is 4.74 Å². The van der Waals surface area contributed by atoms with Gasteiger partial charge in [-0.1, -0.05) is 26.8 Å². The summed E-state index contributed by atoms with van der Waals surface area (Å²) >= 11 is 0. The summed E-state index contributed by atoms with van der Waals surface area (Å²) in [5.74, 6) is 0.525. The van der Waals surface area contributed by atoms with Gasteiger partial charge in [0.05, 0.1) is 17.7 Å². The van der Waals surface area contributed by atoms with Gasteiger partial charge in [0.1, 0.15) is 29.2 Å². The molecule has 0 aliphatic heterocycles. The van der Waals surface area contributed by atoms with E-state index < -0.39 is 11.5 Å². The summed E-state index contributed by atoms with van der Waals surface area (Å²) in [6.45, 7) is 5.37. The zero-order chi connectivity index (χ0) is 27.3. The third kappa shape index (κ3) is 7.03. The van der Waals surface area contributed by atoms with Crippen molar-refractivity contribution in [2.45, 2.75) is 33.2 Å². The first-order valence-electron chi connectivity index (χ1n) is 12.2. The molecule has 0 fully saturated rings. The molecule has 8 nitrogen and oxygen atoms in total. The van der Waals surface area contributed by atoms with Gasteiger partial charge >= 0.3 is 0 Å². The van der Waals surface area contributed by atoms with Gasteiger partial charge in [0.2, 0.25) is 11.8 Å². The first kappa shape index (κ1) is 26.5. The van der Waals surface area contributed by atoms with Gasteiger partial charge in [-0.05, 0) is 60.7 Å². The zero-order valence-corrected chi connectivity index (χ0v) is 21.7. The highest BCUT2D eigenvalue weighted by Crippen LogP contribution is 2.26. The second-order valence-electron chi connectivity index (χ2n) is 9.99. The number of hydrogen-bond acceptors (Lipinski definition) is 5. The zero-order valence-electron chi connectivity index (χ0n) is 21.7. The van der Waals surface area contributed by atoms with Crippen LogP contribution in [0.15, 0.2) is 79.3 Å². The highest BCUT2D eigenvalue weighted by atomic mass is 19.1. The number of nitrogens with zero attached hydrogens (tertiary/aromatic N) is 3. The smallest absolute Gasteiger partial charge is 0.248 e. The Bertz CT molecular complexity index is 1410. The van der Waals surface area contributed by atoms with E-state index in [1.165, 1.54) is 12.1 Å². The highest BCUT2D eigenvalue weighted by Gasteiger charge is 2.28. The van der Waals surface area contributed by atoms with Gasteiger partial charge in [-0.15, -0.1) is 0 Å². The summed E-state index contributed by atoms with van der Waals surface area (Å²) < 4.78 is 20.6. The average molecular weight is 516 g/mol. The molecule has 9 heteroatoms. The number of benzene rings is 2. The number of pyridine rings is 1. The minimum Gasteiger partial charge on any atom is -0.457 e. The number of imidazole rings is 1. The monoisotopic (exact) mass is 515 g/mol. The van der Waals surface area contributed by atoms with Crippen molar-refractivity contribution in [1.82, 2.24) is 19.9 Å². The number of aryl methyl sites for hydroxylation is 1. The van der Waals surface area contributed by atoms with E-state index in [9.17, 15) is 14.0 Å². The van der Waals surface area contributed by atoms with E-state index in [1.54, 1.807) is 68.1 Å². The molecule has 1 unspecified atom stereocenters. The Kier molecular flexibility index (Phi) is 7.85. The van der Waals surface area contributed by atoms with E-state index in [0.717, 1.165) is 5.56 Å². The van der Waals surface area contributed by atoms with E-state index in [1.807, 2.05) is 31.4 Å². The van der Waals surface area contributed by atoms with E-state index in [0.29, 0.717) is 28.7 Å². The van der Waals surface area contributed by atoms with Crippen LogP contribution in [0.3, 0.4) is 0 Å². The van der Waals surface area contributed by atoms with Crippen molar-refractivity contribution >= 4 is 17.6 Å². The molecular formula is C29H30FN5O3. The third-order valence-corrected chi connectivity index (χ3v) is 5.67. The second kappa shape index (κ2) is 11.2. The van der Waals surface area contributed by atoms with Crippen LogP contribution in [0.25, 0.3) is 11.3 Å². The maximum atomic E-state index is 13.2. The number of carbonyl (C=O) groups is 2. The summed E-state index contributed by atoms with van der Waals surface area (Å²) in [4.78, 5) is 34.8. The Morgan fingerprint density at radius 1 is 1.00 bits per heavy atom. The molecule has 0 radical (unpaired) electrons. The topological polar surface area (TPSA) is 98.1 Å². The molecular weight excluding hydrogens is 485 g/mol. The molecule has 4 rings (SSSR count). The molecule has 2 heterocycles. The fraction of sp³-hybridized carbons (Fsp3) is 0.241. The Morgan fingerprint density at radius 3 is 2.26 bits per heavy atom. The number of anilines is 1. The summed E-state index contributed by atoms with van der Waals surface area (Å²) in [7, 11) is 1.84. The number of ether oxygens (including phenoxy) is 1. The molecule has 38 heavy (non-hydrogen) atoms. The number of halogens is 1. The maximum absolute atomic E-state index is 13.2. The molecule has 196 valence electrons. The molecule has 2 aromatic heterocycles. The number of nitrogens with one attached hydrogen (secondary N) is 2. The quantitative estimate of drug-likeness (QED) is 0.339. The van der Waals surface area contributed by atoms with Crippen LogP contribution in [0.4, 0.5) is 10.2 Å². The Hall–Kier alpha value is -4.53. The van der Waals surface area contributed by atoms with E-state index >= 15 is 0 Å². The molecule has 2 amide bonds. The predicted molar refractivity (Wildman–Crippen MR) is 143 cm³/mol. The summed E-state index contributed by atoms with van der Waals surface area (Å²) in [6, 6.07) is 17.5. The average Bonchev–Trinajstić information content (AvgIpc) is 3.29. The summed E-state index contributed by atoms with van der Waals surface area (Å²) in [5.41, 5.74) is 1.49. The number of carbonyl (C=O) groups excluding carboxylic acids is 2. The fourth-order valence-corrected chi connectivity index (χ4v) is 3.58. The molecule has 4 aromatic rings. The van der Waals surface area contributed by atoms with Crippen LogP contribution < -0.4 is 15.4 Å². The molecule has 1 atom stereocenters. The SMILES string of the molecule is Cn1cnc(CC(NC(=O)C(C)(C)C)C(=O)Nc2cccc(-c3ccc(Oc4ccc(F)cc4)cc3)n2)c1. The second-order valence-corrected chi connectivity index (χ2v) is 9.99. The summed E-state index contributed by atoms with van der Waals surface area (Å²) in [5, 5.41) is 5.68. The lowest BCUT2D eigenvalue weighted by atomic mass is 9.95.